The van der Waals surface area contributed by atoms with Gasteiger partial charge in [0.15, 0.2) is 0 Å². The number of aromatic nitrogens is 2. The summed E-state index contributed by atoms with van der Waals surface area (Å²) in [6, 6.07) is 10.3. The fraction of sp³-hybridized carbons (Fsp3) is 0.400. The lowest BCUT2D eigenvalue weighted by atomic mass is 10.0. The molecule has 2 aromatic rings. The van der Waals surface area contributed by atoms with E-state index in [-0.39, 0.29) is 6.04 Å². The van der Waals surface area contributed by atoms with Gasteiger partial charge in [-0.05, 0) is 43.5 Å². The molecular formula is C15H22N4O. The number of ether oxygens (including phenoxy) is 1. The Bertz CT molecular complexity index is 521. The first-order valence-electron chi connectivity index (χ1n) is 6.89. The van der Waals surface area contributed by atoms with Gasteiger partial charge in [0.2, 0.25) is 0 Å². The number of nitrogens with zero attached hydrogens (tertiary/aromatic N) is 2. The molecule has 1 atom stereocenters. The first-order chi connectivity index (χ1) is 9.78. The highest BCUT2D eigenvalue weighted by atomic mass is 16.5. The summed E-state index contributed by atoms with van der Waals surface area (Å²) in [6.45, 7) is 2.93. The van der Waals surface area contributed by atoms with Gasteiger partial charge >= 0.3 is 0 Å². The van der Waals surface area contributed by atoms with Crippen LogP contribution in [0.25, 0.3) is 0 Å². The lowest BCUT2D eigenvalue weighted by molar-refractivity contribution is 0.414. The molecule has 0 saturated heterocycles. The Hall–Kier alpha value is -1.85. The molecule has 0 aliphatic rings. The molecule has 108 valence electrons. The summed E-state index contributed by atoms with van der Waals surface area (Å²) in [7, 11) is 1.68. The van der Waals surface area contributed by atoms with Gasteiger partial charge < -0.3 is 4.74 Å². The first-order valence-corrected chi connectivity index (χ1v) is 6.89. The van der Waals surface area contributed by atoms with Crippen LogP contribution in [0.2, 0.25) is 0 Å². The normalized spacial score (nSPS) is 12.3. The second kappa shape index (κ2) is 7.07. The number of nitrogens with one attached hydrogen (secondary N) is 1. The van der Waals surface area contributed by atoms with Crippen LogP contribution in [0.1, 0.15) is 30.6 Å². The smallest absolute Gasteiger partial charge is 0.118 e. The Kier molecular flexibility index (Phi) is 5.15. The summed E-state index contributed by atoms with van der Waals surface area (Å²) in [5.41, 5.74) is 5.29. The second-order valence-corrected chi connectivity index (χ2v) is 4.68. The highest BCUT2D eigenvalue weighted by Gasteiger charge is 2.14. The maximum Gasteiger partial charge on any atom is 0.118 e. The molecule has 1 aromatic heterocycles. The van der Waals surface area contributed by atoms with E-state index in [0.717, 1.165) is 30.8 Å². The zero-order valence-electron chi connectivity index (χ0n) is 12.0. The number of aryl methyl sites for hydroxylation is 2. The fourth-order valence-corrected chi connectivity index (χ4v) is 2.32. The molecule has 0 radical (unpaired) electrons. The molecule has 0 amide bonds. The molecule has 5 nitrogen and oxygen atoms in total. The van der Waals surface area contributed by atoms with Gasteiger partial charge in [-0.1, -0.05) is 12.1 Å². The monoisotopic (exact) mass is 274 g/mol. The van der Waals surface area contributed by atoms with Crippen molar-refractivity contribution in [3.63, 3.8) is 0 Å². The summed E-state index contributed by atoms with van der Waals surface area (Å²) in [6.07, 6.45) is 3.69. The topological polar surface area (TPSA) is 65.1 Å². The first kappa shape index (κ1) is 14.6. The van der Waals surface area contributed by atoms with E-state index >= 15 is 0 Å². The minimum Gasteiger partial charge on any atom is -0.497 e. The van der Waals surface area contributed by atoms with Crippen LogP contribution in [-0.4, -0.2) is 16.9 Å². The van der Waals surface area contributed by atoms with Crippen molar-refractivity contribution in [2.24, 2.45) is 5.84 Å². The molecule has 3 N–H and O–H groups in total. The largest absolute Gasteiger partial charge is 0.497 e. The molecule has 1 unspecified atom stereocenters. The molecule has 0 bridgehead atoms. The lowest BCUT2D eigenvalue weighted by Gasteiger charge is -2.17. The minimum atomic E-state index is 0.111. The minimum absolute atomic E-state index is 0.111. The van der Waals surface area contributed by atoms with E-state index < -0.39 is 0 Å². The van der Waals surface area contributed by atoms with Crippen LogP contribution >= 0.6 is 0 Å². The van der Waals surface area contributed by atoms with Gasteiger partial charge in [-0.15, -0.1) is 0 Å². The zero-order valence-corrected chi connectivity index (χ0v) is 12.0. The highest BCUT2D eigenvalue weighted by molar-refractivity contribution is 5.27. The maximum absolute atomic E-state index is 5.69. The number of methoxy groups -OCH3 is 1. The van der Waals surface area contributed by atoms with Crippen LogP contribution in [0.4, 0.5) is 0 Å². The van der Waals surface area contributed by atoms with Crippen molar-refractivity contribution >= 4 is 0 Å². The Morgan fingerprint density at radius 3 is 2.65 bits per heavy atom. The second-order valence-electron chi connectivity index (χ2n) is 4.68. The Morgan fingerprint density at radius 1 is 1.30 bits per heavy atom. The van der Waals surface area contributed by atoms with E-state index in [2.05, 4.69) is 29.6 Å². The third-order valence-electron chi connectivity index (χ3n) is 3.49. The van der Waals surface area contributed by atoms with Crippen molar-refractivity contribution < 1.29 is 4.74 Å². The van der Waals surface area contributed by atoms with Crippen molar-refractivity contribution in [2.75, 3.05) is 7.11 Å². The van der Waals surface area contributed by atoms with Gasteiger partial charge in [-0.25, -0.2) is 0 Å². The number of nitrogens with two attached hydrogens (primary N) is 1. The number of hydrogen-bond acceptors (Lipinski definition) is 4. The fourth-order valence-electron chi connectivity index (χ4n) is 2.32. The summed E-state index contributed by atoms with van der Waals surface area (Å²) in [5, 5.41) is 4.29. The van der Waals surface area contributed by atoms with E-state index in [4.69, 9.17) is 10.6 Å². The van der Waals surface area contributed by atoms with Crippen molar-refractivity contribution in [3.8, 4) is 5.75 Å². The molecule has 2 rings (SSSR count). The van der Waals surface area contributed by atoms with Gasteiger partial charge in [-0.3, -0.25) is 16.0 Å². The third-order valence-corrected chi connectivity index (χ3v) is 3.49. The molecule has 1 aromatic carbocycles. The Morgan fingerprint density at radius 2 is 2.05 bits per heavy atom. The van der Waals surface area contributed by atoms with Gasteiger partial charge in [0.25, 0.3) is 0 Å². The average molecular weight is 274 g/mol. The van der Waals surface area contributed by atoms with Crippen LogP contribution in [0.5, 0.6) is 5.75 Å². The predicted octanol–water partition coefficient (Wildman–Crippen LogP) is 2.05. The molecule has 0 aliphatic carbocycles. The molecule has 20 heavy (non-hydrogen) atoms. The standard InChI is InChI=1S/C15H22N4O/c1-3-19-15(10-11-17-19)14(18-16)9-6-12-4-7-13(20-2)8-5-12/h4-5,7-8,10-11,14,18H,3,6,9,16H2,1-2H3. The van der Waals surface area contributed by atoms with Crippen LogP contribution in [0.15, 0.2) is 36.5 Å². The molecule has 5 heteroatoms. The van der Waals surface area contributed by atoms with Crippen molar-refractivity contribution in [3.05, 3.63) is 47.8 Å². The quantitative estimate of drug-likeness (QED) is 0.599. The number of hydrazine groups is 1. The van der Waals surface area contributed by atoms with Crippen molar-refractivity contribution in [1.29, 1.82) is 0 Å². The summed E-state index contributed by atoms with van der Waals surface area (Å²) < 4.78 is 7.13. The van der Waals surface area contributed by atoms with E-state index in [1.54, 1.807) is 7.11 Å². The average Bonchev–Trinajstić information content (AvgIpc) is 2.97. The maximum atomic E-state index is 5.69. The summed E-state index contributed by atoms with van der Waals surface area (Å²) >= 11 is 0. The van der Waals surface area contributed by atoms with E-state index in [9.17, 15) is 0 Å². The molecule has 1 heterocycles. The molecule has 0 fully saturated rings. The summed E-state index contributed by atoms with van der Waals surface area (Å²) in [4.78, 5) is 0. The number of hydrogen-bond donors (Lipinski definition) is 2. The van der Waals surface area contributed by atoms with Crippen molar-refractivity contribution in [1.82, 2.24) is 15.2 Å². The van der Waals surface area contributed by atoms with E-state index in [0.29, 0.717) is 0 Å². The molecule has 0 aliphatic heterocycles. The van der Waals surface area contributed by atoms with Crippen LogP contribution < -0.4 is 16.0 Å². The van der Waals surface area contributed by atoms with Crippen LogP contribution in [-0.2, 0) is 13.0 Å². The van der Waals surface area contributed by atoms with Crippen LogP contribution in [0, 0.1) is 0 Å². The zero-order chi connectivity index (χ0) is 14.4. The Balaban J connectivity index is 2.00. The van der Waals surface area contributed by atoms with Gasteiger partial charge in [-0.2, -0.15) is 5.10 Å². The molecule has 0 saturated carbocycles. The molecular weight excluding hydrogens is 252 g/mol. The third kappa shape index (κ3) is 3.37. The summed E-state index contributed by atoms with van der Waals surface area (Å²) in [5.74, 6) is 6.57. The lowest BCUT2D eigenvalue weighted by Crippen LogP contribution is -2.30. The van der Waals surface area contributed by atoms with Crippen molar-refractivity contribution in [2.45, 2.75) is 32.4 Å². The van der Waals surface area contributed by atoms with E-state index in [1.165, 1.54) is 5.56 Å². The van der Waals surface area contributed by atoms with Crippen LogP contribution in [0.3, 0.4) is 0 Å². The molecule has 0 spiro atoms. The number of rotatable bonds is 7. The van der Waals surface area contributed by atoms with Gasteiger partial charge in [0.1, 0.15) is 5.75 Å². The Labute approximate surface area is 119 Å². The number of benzene rings is 1. The van der Waals surface area contributed by atoms with Gasteiger partial charge in [0, 0.05) is 12.7 Å². The highest BCUT2D eigenvalue weighted by Crippen LogP contribution is 2.19. The van der Waals surface area contributed by atoms with E-state index in [1.807, 2.05) is 29.1 Å². The van der Waals surface area contributed by atoms with Gasteiger partial charge in [0.05, 0.1) is 18.8 Å². The SMILES string of the molecule is CCn1nccc1C(CCc1ccc(OC)cc1)NN. The predicted molar refractivity (Wildman–Crippen MR) is 79.3 cm³/mol.